The van der Waals surface area contributed by atoms with Crippen LogP contribution in [-0.4, -0.2) is 38.7 Å². The average molecular weight is 380 g/mol. The first-order valence-corrected chi connectivity index (χ1v) is 9.59. The second-order valence-electron chi connectivity index (χ2n) is 7.22. The normalized spacial score (nSPS) is 18.0. The van der Waals surface area contributed by atoms with E-state index in [1.165, 1.54) is 0 Å². The SMILES string of the molecule is COc1cccc(CC(=O)N2CCc3ccc(NC(=O)C4CCOC4)cc32)c1. The van der Waals surface area contributed by atoms with Gasteiger partial charge in [-0.05, 0) is 48.2 Å². The molecular formula is C22H24N2O4. The fourth-order valence-electron chi connectivity index (χ4n) is 3.75. The Morgan fingerprint density at radius 1 is 1.25 bits per heavy atom. The second-order valence-corrected chi connectivity index (χ2v) is 7.22. The number of nitrogens with one attached hydrogen (secondary N) is 1. The van der Waals surface area contributed by atoms with Gasteiger partial charge >= 0.3 is 0 Å². The molecule has 2 aromatic rings. The number of nitrogens with zero attached hydrogens (tertiary/aromatic N) is 1. The van der Waals surface area contributed by atoms with Gasteiger partial charge in [-0.3, -0.25) is 9.59 Å². The maximum atomic E-state index is 12.9. The van der Waals surface area contributed by atoms with Gasteiger partial charge in [0.2, 0.25) is 11.8 Å². The van der Waals surface area contributed by atoms with E-state index in [9.17, 15) is 9.59 Å². The summed E-state index contributed by atoms with van der Waals surface area (Å²) < 4.78 is 10.5. The molecule has 2 amide bonds. The zero-order chi connectivity index (χ0) is 19.5. The highest BCUT2D eigenvalue weighted by atomic mass is 16.5. The molecule has 1 N–H and O–H groups in total. The number of carbonyl (C=O) groups is 2. The molecule has 2 aliphatic heterocycles. The Bertz CT molecular complexity index is 890. The zero-order valence-electron chi connectivity index (χ0n) is 15.9. The maximum Gasteiger partial charge on any atom is 0.231 e. The van der Waals surface area contributed by atoms with Crippen LogP contribution in [0.4, 0.5) is 11.4 Å². The molecule has 28 heavy (non-hydrogen) atoms. The highest BCUT2D eigenvalue weighted by Gasteiger charge is 2.27. The largest absolute Gasteiger partial charge is 0.497 e. The van der Waals surface area contributed by atoms with Crippen molar-refractivity contribution in [2.75, 3.05) is 37.1 Å². The Kier molecular flexibility index (Phi) is 5.30. The number of hydrogen-bond acceptors (Lipinski definition) is 4. The molecule has 2 aliphatic rings. The molecule has 2 aromatic carbocycles. The summed E-state index contributed by atoms with van der Waals surface area (Å²) in [6, 6.07) is 13.4. The third-order valence-electron chi connectivity index (χ3n) is 5.34. The van der Waals surface area contributed by atoms with Gasteiger partial charge in [-0.2, -0.15) is 0 Å². The van der Waals surface area contributed by atoms with Crippen molar-refractivity contribution in [2.45, 2.75) is 19.3 Å². The lowest BCUT2D eigenvalue weighted by Crippen LogP contribution is -2.30. The predicted octanol–water partition coefficient (Wildman–Crippen LogP) is 2.80. The Morgan fingerprint density at radius 2 is 2.14 bits per heavy atom. The number of hydrogen-bond donors (Lipinski definition) is 1. The van der Waals surface area contributed by atoms with Crippen molar-refractivity contribution in [3.63, 3.8) is 0 Å². The van der Waals surface area contributed by atoms with Gasteiger partial charge in [0.1, 0.15) is 5.75 Å². The molecule has 1 unspecified atom stereocenters. The number of carbonyl (C=O) groups excluding carboxylic acids is 2. The van der Waals surface area contributed by atoms with E-state index < -0.39 is 0 Å². The Labute approximate surface area is 164 Å². The first-order valence-electron chi connectivity index (χ1n) is 9.59. The van der Waals surface area contributed by atoms with Crippen LogP contribution in [0, 0.1) is 5.92 Å². The van der Waals surface area contributed by atoms with E-state index in [0.717, 1.165) is 41.1 Å². The summed E-state index contributed by atoms with van der Waals surface area (Å²) in [5, 5.41) is 2.96. The summed E-state index contributed by atoms with van der Waals surface area (Å²) in [6.07, 6.45) is 1.89. The molecule has 4 rings (SSSR count). The van der Waals surface area contributed by atoms with Crippen LogP contribution in [0.2, 0.25) is 0 Å². The van der Waals surface area contributed by atoms with Crippen LogP contribution in [0.1, 0.15) is 17.5 Å². The van der Waals surface area contributed by atoms with Crippen molar-refractivity contribution in [1.29, 1.82) is 0 Å². The minimum Gasteiger partial charge on any atom is -0.497 e. The number of ether oxygens (including phenoxy) is 2. The van der Waals surface area contributed by atoms with Crippen molar-refractivity contribution in [2.24, 2.45) is 5.92 Å². The van der Waals surface area contributed by atoms with E-state index >= 15 is 0 Å². The van der Waals surface area contributed by atoms with Crippen LogP contribution < -0.4 is 15.0 Å². The highest BCUT2D eigenvalue weighted by Crippen LogP contribution is 2.32. The monoisotopic (exact) mass is 380 g/mol. The van der Waals surface area contributed by atoms with Gasteiger partial charge in [-0.25, -0.2) is 0 Å². The van der Waals surface area contributed by atoms with Crippen molar-refractivity contribution in [3.05, 3.63) is 53.6 Å². The second kappa shape index (κ2) is 8.02. The molecule has 146 valence electrons. The molecule has 0 spiro atoms. The van der Waals surface area contributed by atoms with Gasteiger partial charge < -0.3 is 19.7 Å². The maximum absolute atomic E-state index is 12.9. The molecule has 0 bridgehead atoms. The van der Waals surface area contributed by atoms with Crippen molar-refractivity contribution < 1.29 is 19.1 Å². The van der Waals surface area contributed by atoms with Crippen LogP contribution in [0.3, 0.4) is 0 Å². The summed E-state index contributed by atoms with van der Waals surface area (Å²) in [6.45, 7) is 1.77. The number of fused-ring (bicyclic) bond motifs is 1. The topological polar surface area (TPSA) is 67.9 Å². The van der Waals surface area contributed by atoms with Crippen LogP contribution in [0.15, 0.2) is 42.5 Å². The molecule has 0 radical (unpaired) electrons. The summed E-state index contributed by atoms with van der Waals surface area (Å²) in [4.78, 5) is 27.1. The third kappa shape index (κ3) is 3.87. The number of anilines is 2. The number of amides is 2. The van der Waals surface area contributed by atoms with E-state index in [1.54, 1.807) is 7.11 Å². The fourth-order valence-corrected chi connectivity index (χ4v) is 3.75. The Balaban J connectivity index is 1.47. The Hall–Kier alpha value is -2.86. The van der Waals surface area contributed by atoms with E-state index in [2.05, 4.69) is 5.32 Å². The van der Waals surface area contributed by atoms with E-state index in [-0.39, 0.29) is 17.7 Å². The van der Waals surface area contributed by atoms with Crippen molar-refractivity contribution in [3.8, 4) is 5.75 Å². The van der Waals surface area contributed by atoms with Crippen molar-refractivity contribution >= 4 is 23.2 Å². The number of benzene rings is 2. The van der Waals surface area contributed by atoms with E-state index in [4.69, 9.17) is 9.47 Å². The van der Waals surface area contributed by atoms with Crippen molar-refractivity contribution in [1.82, 2.24) is 0 Å². The van der Waals surface area contributed by atoms with Crippen LogP contribution in [-0.2, 0) is 27.2 Å². The number of rotatable bonds is 5. The van der Waals surface area contributed by atoms with Gasteiger partial charge in [-0.15, -0.1) is 0 Å². The molecule has 0 aliphatic carbocycles. The lowest BCUT2D eigenvalue weighted by atomic mass is 10.1. The summed E-state index contributed by atoms with van der Waals surface area (Å²) in [5.74, 6) is 0.663. The van der Waals surface area contributed by atoms with Gasteiger partial charge in [0.15, 0.2) is 0 Å². The number of methoxy groups -OCH3 is 1. The first-order chi connectivity index (χ1) is 13.6. The zero-order valence-corrected chi connectivity index (χ0v) is 15.9. The lowest BCUT2D eigenvalue weighted by molar-refractivity contribution is -0.120. The minimum atomic E-state index is -0.0981. The Morgan fingerprint density at radius 3 is 2.93 bits per heavy atom. The fraction of sp³-hybridized carbons (Fsp3) is 0.364. The summed E-state index contributed by atoms with van der Waals surface area (Å²) in [7, 11) is 1.62. The van der Waals surface area contributed by atoms with Crippen LogP contribution in [0.25, 0.3) is 0 Å². The van der Waals surface area contributed by atoms with Gasteiger partial charge in [-0.1, -0.05) is 18.2 Å². The molecule has 0 saturated carbocycles. The third-order valence-corrected chi connectivity index (χ3v) is 5.34. The molecule has 1 fully saturated rings. The van der Waals surface area contributed by atoms with Gasteiger partial charge in [0.25, 0.3) is 0 Å². The standard InChI is InChI=1S/C22H24N2O4/c1-27-19-4-2-3-15(11-19)12-21(25)24-9-7-16-5-6-18(13-20(16)24)23-22(26)17-8-10-28-14-17/h2-6,11,13,17H,7-10,12,14H2,1H3,(H,23,26). The summed E-state index contributed by atoms with van der Waals surface area (Å²) in [5.41, 5.74) is 3.65. The van der Waals surface area contributed by atoms with E-state index in [0.29, 0.717) is 26.2 Å². The molecule has 6 heteroatoms. The molecule has 1 atom stereocenters. The predicted molar refractivity (Wildman–Crippen MR) is 107 cm³/mol. The smallest absolute Gasteiger partial charge is 0.231 e. The molecule has 1 saturated heterocycles. The van der Waals surface area contributed by atoms with Gasteiger partial charge in [0.05, 0.1) is 26.1 Å². The molecule has 0 aromatic heterocycles. The van der Waals surface area contributed by atoms with Crippen LogP contribution in [0.5, 0.6) is 5.75 Å². The van der Waals surface area contributed by atoms with E-state index in [1.807, 2.05) is 47.4 Å². The quantitative estimate of drug-likeness (QED) is 0.866. The molecular weight excluding hydrogens is 356 g/mol. The van der Waals surface area contributed by atoms with Crippen LogP contribution >= 0.6 is 0 Å². The highest BCUT2D eigenvalue weighted by molar-refractivity contribution is 5.99. The summed E-state index contributed by atoms with van der Waals surface area (Å²) >= 11 is 0. The lowest BCUT2D eigenvalue weighted by Gasteiger charge is -2.19. The molecule has 2 heterocycles. The first kappa shape index (κ1) is 18.5. The molecule has 6 nitrogen and oxygen atoms in total. The minimum absolute atomic E-state index is 0.0234. The average Bonchev–Trinajstić information content (AvgIpc) is 3.38. The van der Waals surface area contributed by atoms with Gasteiger partial charge in [0, 0.05) is 24.5 Å².